The molecule has 1 aliphatic heterocycles. The van der Waals surface area contributed by atoms with E-state index in [2.05, 4.69) is 15.5 Å². The van der Waals surface area contributed by atoms with Gasteiger partial charge in [-0.2, -0.15) is 16.9 Å². The second-order valence-electron chi connectivity index (χ2n) is 4.42. The Kier molecular flexibility index (Phi) is 3.93. The van der Waals surface area contributed by atoms with E-state index in [0.717, 1.165) is 18.5 Å². The van der Waals surface area contributed by atoms with Crippen molar-refractivity contribution in [3.8, 4) is 0 Å². The van der Waals surface area contributed by atoms with Gasteiger partial charge in [-0.3, -0.25) is 9.89 Å². The highest BCUT2D eigenvalue weighted by Gasteiger charge is 2.18. The fraction of sp³-hybridized carbons (Fsp3) is 0.636. The topological polar surface area (TPSA) is 83.8 Å². The standard InChI is InChI=1S/C11H18N4OS/c1-7-10(12)11(15-14-7)13-9(16)6-8-2-4-17-5-3-8/h8H,2-6,12H2,1H3,(H2,13,14,15,16). The van der Waals surface area contributed by atoms with E-state index in [4.69, 9.17) is 5.73 Å². The Morgan fingerprint density at radius 2 is 2.29 bits per heavy atom. The van der Waals surface area contributed by atoms with Crippen LogP contribution in [0.3, 0.4) is 0 Å². The third-order valence-corrected chi connectivity index (χ3v) is 4.12. The van der Waals surface area contributed by atoms with Crippen LogP contribution in [0.25, 0.3) is 0 Å². The molecule has 0 spiro atoms. The zero-order valence-electron chi connectivity index (χ0n) is 9.95. The normalized spacial score (nSPS) is 17.0. The van der Waals surface area contributed by atoms with Crippen LogP contribution in [0.4, 0.5) is 11.5 Å². The van der Waals surface area contributed by atoms with Crippen molar-refractivity contribution in [2.75, 3.05) is 22.6 Å². The zero-order valence-corrected chi connectivity index (χ0v) is 10.8. The minimum absolute atomic E-state index is 0.0140. The van der Waals surface area contributed by atoms with Gasteiger partial charge in [0.05, 0.1) is 11.4 Å². The first-order chi connectivity index (χ1) is 8.16. The van der Waals surface area contributed by atoms with Gasteiger partial charge in [0.25, 0.3) is 0 Å². The SMILES string of the molecule is Cc1[nH]nc(NC(=O)CC2CCSCC2)c1N. The molecule has 0 atom stereocenters. The van der Waals surface area contributed by atoms with Crippen LogP contribution < -0.4 is 11.1 Å². The van der Waals surface area contributed by atoms with Gasteiger partial charge in [0.2, 0.25) is 5.91 Å². The van der Waals surface area contributed by atoms with Crippen LogP contribution in [0.15, 0.2) is 0 Å². The largest absolute Gasteiger partial charge is 0.394 e. The summed E-state index contributed by atoms with van der Waals surface area (Å²) in [5, 5.41) is 9.48. The Balaban J connectivity index is 1.86. The molecule has 17 heavy (non-hydrogen) atoms. The molecule has 4 N–H and O–H groups in total. The third kappa shape index (κ3) is 3.15. The van der Waals surface area contributed by atoms with Gasteiger partial charge in [-0.1, -0.05) is 0 Å². The fourth-order valence-electron chi connectivity index (χ4n) is 1.93. The molecule has 0 aromatic carbocycles. The molecule has 0 aliphatic carbocycles. The van der Waals surface area contributed by atoms with Gasteiger partial charge in [-0.15, -0.1) is 0 Å². The van der Waals surface area contributed by atoms with Crippen molar-refractivity contribution < 1.29 is 4.79 Å². The average Bonchev–Trinajstić information content (AvgIpc) is 2.62. The number of hydrogen-bond acceptors (Lipinski definition) is 4. The summed E-state index contributed by atoms with van der Waals surface area (Å²) in [6.07, 6.45) is 2.84. The van der Waals surface area contributed by atoms with Gasteiger partial charge >= 0.3 is 0 Å². The number of H-pyrrole nitrogens is 1. The molecule has 1 aliphatic rings. The summed E-state index contributed by atoms with van der Waals surface area (Å²) in [6.45, 7) is 1.83. The summed E-state index contributed by atoms with van der Waals surface area (Å²) < 4.78 is 0. The van der Waals surface area contributed by atoms with Crippen molar-refractivity contribution in [1.82, 2.24) is 10.2 Å². The number of aryl methyl sites for hydroxylation is 1. The van der Waals surface area contributed by atoms with E-state index >= 15 is 0 Å². The molecule has 1 fully saturated rings. The minimum atomic E-state index is 0.0140. The Bertz CT molecular complexity index is 398. The average molecular weight is 254 g/mol. The first kappa shape index (κ1) is 12.3. The van der Waals surface area contributed by atoms with Crippen LogP contribution in [-0.4, -0.2) is 27.6 Å². The van der Waals surface area contributed by atoms with Crippen LogP contribution in [0, 0.1) is 12.8 Å². The number of aromatic amines is 1. The van der Waals surface area contributed by atoms with Crippen LogP contribution in [-0.2, 0) is 4.79 Å². The van der Waals surface area contributed by atoms with E-state index in [-0.39, 0.29) is 5.91 Å². The Labute approximate surface area is 105 Å². The van der Waals surface area contributed by atoms with Gasteiger partial charge in [0.15, 0.2) is 5.82 Å². The molecule has 1 saturated heterocycles. The Morgan fingerprint density at radius 1 is 1.59 bits per heavy atom. The van der Waals surface area contributed by atoms with Crippen LogP contribution >= 0.6 is 11.8 Å². The molecule has 5 nitrogen and oxygen atoms in total. The number of aromatic nitrogens is 2. The lowest BCUT2D eigenvalue weighted by Gasteiger charge is -2.20. The molecular formula is C11H18N4OS. The number of nitrogens with two attached hydrogens (primary N) is 1. The summed E-state index contributed by atoms with van der Waals surface area (Å²) in [5.74, 6) is 3.32. The highest BCUT2D eigenvalue weighted by atomic mass is 32.2. The number of carbonyl (C=O) groups is 1. The van der Waals surface area contributed by atoms with Gasteiger partial charge in [0.1, 0.15) is 0 Å². The molecule has 0 radical (unpaired) electrons. The highest BCUT2D eigenvalue weighted by Crippen LogP contribution is 2.26. The van der Waals surface area contributed by atoms with Crippen molar-refractivity contribution >= 4 is 29.2 Å². The number of thioether (sulfide) groups is 1. The van der Waals surface area contributed by atoms with Crippen LogP contribution in [0.1, 0.15) is 25.0 Å². The third-order valence-electron chi connectivity index (χ3n) is 3.07. The van der Waals surface area contributed by atoms with Crippen molar-refractivity contribution in [3.05, 3.63) is 5.69 Å². The molecule has 2 heterocycles. The minimum Gasteiger partial charge on any atom is -0.394 e. The van der Waals surface area contributed by atoms with E-state index < -0.39 is 0 Å². The number of rotatable bonds is 3. The summed E-state index contributed by atoms with van der Waals surface area (Å²) in [5.41, 5.74) is 7.08. The molecule has 0 saturated carbocycles. The summed E-state index contributed by atoms with van der Waals surface area (Å²) in [7, 11) is 0. The second kappa shape index (κ2) is 5.44. The monoisotopic (exact) mass is 254 g/mol. The first-order valence-electron chi connectivity index (χ1n) is 5.85. The molecule has 1 amide bonds. The smallest absolute Gasteiger partial charge is 0.225 e. The van der Waals surface area contributed by atoms with Gasteiger partial charge in [-0.25, -0.2) is 0 Å². The Hall–Kier alpha value is -1.17. The summed E-state index contributed by atoms with van der Waals surface area (Å²) >= 11 is 1.97. The molecule has 1 aromatic rings. The quantitative estimate of drug-likeness (QED) is 0.767. The lowest BCUT2D eigenvalue weighted by molar-refractivity contribution is -0.117. The molecule has 94 valence electrons. The van der Waals surface area contributed by atoms with Crippen molar-refractivity contribution in [3.63, 3.8) is 0 Å². The Morgan fingerprint density at radius 3 is 2.88 bits per heavy atom. The molecule has 1 aromatic heterocycles. The van der Waals surface area contributed by atoms with Gasteiger partial charge < -0.3 is 11.1 Å². The number of nitrogen functional groups attached to an aromatic ring is 1. The van der Waals surface area contributed by atoms with Crippen molar-refractivity contribution in [2.45, 2.75) is 26.2 Å². The number of hydrogen-bond donors (Lipinski definition) is 3. The van der Waals surface area contributed by atoms with E-state index in [1.165, 1.54) is 11.5 Å². The zero-order chi connectivity index (χ0) is 12.3. The maximum absolute atomic E-state index is 11.8. The fourth-order valence-corrected chi connectivity index (χ4v) is 3.13. The molecule has 2 rings (SSSR count). The van der Waals surface area contributed by atoms with Crippen LogP contribution in [0.2, 0.25) is 0 Å². The second-order valence-corrected chi connectivity index (χ2v) is 5.64. The maximum atomic E-state index is 11.8. The first-order valence-corrected chi connectivity index (χ1v) is 7.00. The molecular weight excluding hydrogens is 236 g/mol. The van der Waals surface area contributed by atoms with Crippen molar-refractivity contribution in [2.24, 2.45) is 5.92 Å². The molecule has 0 unspecified atom stereocenters. The van der Waals surface area contributed by atoms with Crippen LogP contribution in [0.5, 0.6) is 0 Å². The number of nitrogens with one attached hydrogen (secondary N) is 2. The number of anilines is 2. The predicted molar refractivity (Wildman–Crippen MR) is 71.0 cm³/mol. The van der Waals surface area contributed by atoms with E-state index in [1.54, 1.807) is 0 Å². The highest BCUT2D eigenvalue weighted by molar-refractivity contribution is 7.99. The molecule has 6 heteroatoms. The van der Waals surface area contributed by atoms with Crippen molar-refractivity contribution in [1.29, 1.82) is 0 Å². The predicted octanol–water partition coefficient (Wildman–Crippen LogP) is 1.77. The molecule has 0 bridgehead atoms. The lowest BCUT2D eigenvalue weighted by atomic mass is 9.98. The summed E-state index contributed by atoms with van der Waals surface area (Å²) in [6, 6.07) is 0. The van der Waals surface area contributed by atoms with E-state index in [1.807, 2.05) is 18.7 Å². The van der Waals surface area contributed by atoms with Gasteiger partial charge in [0, 0.05) is 6.42 Å². The van der Waals surface area contributed by atoms with E-state index in [9.17, 15) is 4.79 Å². The maximum Gasteiger partial charge on any atom is 0.225 e. The lowest BCUT2D eigenvalue weighted by Crippen LogP contribution is -2.20. The number of nitrogens with zero attached hydrogens (tertiary/aromatic N) is 1. The van der Waals surface area contributed by atoms with E-state index in [0.29, 0.717) is 23.8 Å². The summed E-state index contributed by atoms with van der Waals surface area (Å²) in [4.78, 5) is 11.8. The van der Waals surface area contributed by atoms with Gasteiger partial charge in [-0.05, 0) is 37.2 Å². The number of amides is 1. The number of carbonyl (C=O) groups excluding carboxylic acids is 1.